The van der Waals surface area contributed by atoms with Gasteiger partial charge in [-0.05, 0) is 48.3 Å². The van der Waals surface area contributed by atoms with Crippen molar-refractivity contribution < 1.29 is 4.74 Å². The number of fused-ring (bicyclic) bond motifs is 3. The molecule has 24 heavy (non-hydrogen) atoms. The molecular formula is C18H18BrClN2OS. The van der Waals surface area contributed by atoms with E-state index in [2.05, 4.69) is 46.0 Å². The van der Waals surface area contributed by atoms with Crippen molar-refractivity contribution in [3.63, 3.8) is 0 Å². The van der Waals surface area contributed by atoms with E-state index in [0.29, 0.717) is 17.7 Å². The fourth-order valence-corrected chi connectivity index (χ4v) is 4.86. The Hall–Kier alpha value is -0.620. The molecule has 1 aromatic heterocycles. The van der Waals surface area contributed by atoms with Crippen LogP contribution in [-0.4, -0.2) is 16.2 Å². The molecule has 1 spiro atoms. The van der Waals surface area contributed by atoms with Crippen LogP contribution in [0.25, 0.3) is 0 Å². The Morgan fingerprint density at radius 3 is 3.00 bits per heavy atom. The summed E-state index contributed by atoms with van der Waals surface area (Å²) in [7, 11) is 0. The van der Waals surface area contributed by atoms with Gasteiger partial charge in [0.15, 0.2) is 5.16 Å². The first kappa shape index (κ1) is 16.8. The van der Waals surface area contributed by atoms with Gasteiger partial charge in [-0.25, -0.2) is 9.97 Å². The lowest BCUT2D eigenvalue weighted by Gasteiger charge is -2.44. The first-order chi connectivity index (χ1) is 11.5. The molecule has 0 saturated heterocycles. The van der Waals surface area contributed by atoms with Gasteiger partial charge in [-0.1, -0.05) is 52.3 Å². The van der Waals surface area contributed by atoms with E-state index in [1.165, 1.54) is 22.9 Å². The van der Waals surface area contributed by atoms with Crippen LogP contribution in [0.1, 0.15) is 48.1 Å². The third kappa shape index (κ3) is 2.70. The van der Waals surface area contributed by atoms with E-state index < -0.39 is 0 Å². The molecule has 0 bridgehead atoms. The zero-order valence-electron chi connectivity index (χ0n) is 13.6. The summed E-state index contributed by atoms with van der Waals surface area (Å²) in [6.45, 7) is 2.77. The Kier molecular flexibility index (Phi) is 4.40. The fourth-order valence-electron chi connectivity index (χ4n) is 3.82. The summed E-state index contributed by atoms with van der Waals surface area (Å²) < 4.78 is 7.52. The SMILES string of the molecule is CSc1nc(Cl)c2c(n1)CC1(CC[C@H](C)c3ccc(Br)cc31)OC2. The molecule has 3 nitrogen and oxygen atoms in total. The molecule has 1 aromatic carbocycles. The highest BCUT2D eigenvalue weighted by molar-refractivity contribution is 9.10. The number of hydrogen-bond acceptors (Lipinski definition) is 4. The summed E-state index contributed by atoms with van der Waals surface area (Å²) in [5.41, 5.74) is 4.35. The molecule has 0 fully saturated rings. The minimum atomic E-state index is -0.300. The van der Waals surface area contributed by atoms with Crippen LogP contribution in [-0.2, 0) is 23.4 Å². The molecule has 4 rings (SSSR count). The van der Waals surface area contributed by atoms with Gasteiger partial charge >= 0.3 is 0 Å². The molecule has 2 atom stereocenters. The third-order valence-electron chi connectivity index (χ3n) is 5.17. The molecule has 2 aliphatic rings. The number of nitrogens with zero attached hydrogens (tertiary/aromatic N) is 2. The maximum Gasteiger partial charge on any atom is 0.188 e. The highest BCUT2D eigenvalue weighted by Gasteiger charge is 2.43. The van der Waals surface area contributed by atoms with Gasteiger partial charge in [-0.15, -0.1) is 0 Å². The zero-order chi connectivity index (χ0) is 16.9. The van der Waals surface area contributed by atoms with E-state index in [-0.39, 0.29) is 5.60 Å². The first-order valence-corrected chi connectivity index (χ1v) is 10.4. The summed E-state index contributed by atoms with van der Waals surface area (Å²) in [6, 6.07) is 6.56. The fraction of sp³-hybridized carbons (Fsp3) is 0.444. The van der Waals surface area contributed by atoms with Crippen LogP contribution in [0.5, 0.6) is 0 Å². The van der Waals surface area contributed by atoms with Gasteiger partial charge in [0.2, 0.25) is 0 Å². The molecule has 126 valence electrons. The van der Waals surface area contributed by atoms with Crippen LogP contribution in [0.2, 0.25) is 5.15 Å². The molecule has 0 N–H and O–H groups in total. The standard InChI is InChI=1S/C18H18BrClN2OS/c1-10-5-6-18(14-7-11(19)3-4-12(10)14)8-15-13(9-23-18)16(20)22-17(21-15)24-2/h3-4,7,10H,5-6,8-9H2,1-2H3/t10-,18?/m0/s1. The smallest absolute Gasteiger partial charge is 0.188 e. The van der Waals surface area contributed by atoms with Crippen molar-refractivity contribution in [2.75, 3.05) is 6.26 Å². The third-order valence-corrected chi connectivity index (χ3v) is 6.52. The quantitative estimate of drug-likeness (QED) is 0.344. The number of aromatic nitrogens is 2. The van der Waals surface area contributed by atoms with Crippen molar-refractivity contribution >= 4 is 39.3 Å². The largest absolute Gasteiger partial charge is 0.365 e. The average Bonchev–Trinajstić information content (AvgIpc) is 2.58. The average molecular weight is 426 g/mol. The van der Waals surface area contributed by atoms with E-state index in [4.69, 9.17) is 21.3 Å². The number of rotatable bonds is 1. The Morgan fingerprint density at radius 1 is 1.38 bits per heavy atom. The molecule has 0 saturated carbocycles. The molecule has 1 unspecified atom stereocenters. The van der Waals surface area contributed by atoms with Gasteiger partial charge in [0.25, 0.3) is 0 Å². The van der Waals surface area contributed by atoms with Crippen LogP contribution >= 0.6 is 39.3 Å². The zero-order valence-corrected chi connectivity index (χ0v) is 16.8. The van der Waals surface area contributed by atoms with E-state index in [9.17, 15) is 0 Å². The van der Waals surface area contributed by atoms with Crippen LogP contribution < -0.4 is 0 Å². The van der Waals surface area contributed by atoms with Crippen molar-refractivity contribution in [1.29, 1.82) is 0 Å². The van der Waals surface area contributed by atoms with E-state index >= 15 is 0 Å². The molecule has 1 aliphatic heterocycles. The van der Waals surface area contributed by atoms with Crippen LogP contribution in [0.3, 0.4) is 0 Å². The summed E-state index contributed by atoms with van der Waals surface area (Å²) in [4.78, 5) is 9.07. The Bertz CT molecular complexity index is 816. The van der Waals surface area contributed by atoms with Gasteiger partial charge in [0.1, 0.15) is 5.15 Å². The lowest BCUT2D eigenvalue weighted by Crippen LogP contribution is -2.40. The normalized spacial score (nSPS) is 25.4. The molecule has 2 heterocycles. The monoisotopic (exact) mass is 424 g/mol. The Labute approximate surface area is 159 Å². The lowest BCUT2D eigenvalue weighted by atomic mass is 9.71. The molecule has 0 amide bonds. The molecule has 2 aromatic rings. The number of halogens is 2. The summed E-state index contributed by atoms with van der Waals surface area (Å²) >= 11 is 11.5. The van der Waals surface area contributed by atoms with Crippen molar-refractivity contribution in [2.45, 2.75) is 49.5 Å². The second kappa shape index (κ2) is 6.27. The minimum absolute atomic E-state index is 0.300. The highest BCUT2D eigenvalue weighted by atomic mass is 79.9. The van der Waals surface area contributed by atoms with Gasteiger partial charge < -0.3 is 4.74 Å². The van der Waals surface area contributed by atoms with Crippen molar-refractivity contribution in [3.05, 3.63) is 50.2 Å². The predicted molar refractivity (Wildman–Crippen MR) is 101 cm³/mol. The van der Waals surface area contributed by atoms with E-state index in [1.54, 1.807) is 0 Å². The number of hydrogen-bond donors (Lipinski definition) is 0. The number of benzene rings is 1. The van der Waals surface area contributed by atoms with Gasteiger partial charge in [-0.3, -0.25) is 0 Å². The molecular weight excluding hydrogens is 408 g/mol. The van der Waals surface area contributed by atoms with Crippen LogP contribution in [0, 0.1) is 0 Å². The van der Waals surface area contributed by atoms with Gasteiger partial charge in [0.05, 0.1) is 17.9 Å². The summed E-state index contributed by atoms with van der Waals surface area (Å²) in [5.74, 6) is 0.555. The Morgan fingerprint density at radius 2 is 2.21 bits per heavy atom. The number of ether oxygens (including phenoxy) is 1. The minimum Gasteiger partial charge on any atom is -0.365 e. The lowest BCUT2D eigenvalue weighted by molar-refractivity contribution is -0.0874. The second-order valence-corrected chi connectivity index (χ2v) is 8.60. The Balaban J connectivity index is 1.83. The van der Waals surface area contributed by atoms with E-state index in [0.717, 1.165) is 40.1 Å². The van der Waals surface area contributed by atoms with Crippen molar-refractivity contribution in [1.82, 2.24) is 9.97 Å². The summed E-state index contributed by atoms with van der Waals surface area (Å²) in [6.07, 6.45) is 4.86. The first-order valence-electron chi connectivity index (χ1n) is 8.05. The van der Waals surface area contributed by atoms with Gasteiger partial charge in [-0.2, -0.15) is 0 Å². The molecule has 1 aliphatic carbocycles. The van der Waals surface area contributed by atoms with E-state index in [1.807, 2.05) is 6.26 Å². The van der Waals surface area contributed by atoms with Crippen molar-refractivity contribution in [3.8, 4) is 0 Å². The van der Waals surface area contributed by atoms with Crippen molar-refractivity contribution in [2.24, 2.45) is 0 Å². The highest BCUT2D eigenvalue weighted by Crippen LogP contribution is 2.49. The van der Waals surface area contributed by atoms with Crippen LogP contribution in [0.4, 0.5) is 0 Å². The summed E-state index contributed by atoms with van der Waals surface area (Å²) in [5, 5.41) is 1.26. The number of thioether (sulfide) groups is 1. The maximum atomic E-state index is 6.42. The van der Waals surface area contributed by atoms with Crippen LogP contribution in [0.15, 0.2) is 27.8 Å². The molecule has 0 radical (unpaired) electrons. The maximum absolute atomic E-state index is 6.42. The predicted octanol–water partition coefficient (Wildman–Crippen LogP) is 5.48. The second-order valence-electron chi connectivity index (χ2n) is 6.56. The molecule has 6 heteroatoms. The topological polar surface area (TPSA) is 35.0 Å². The van der Waals surface area contributed by atoms with Gasteiger partial charge in [0, 0.05) is 16.5 Å².